The number of rotatable bonds is 8. The SMILES string of the molecule is CCN(CC)CCN(C(=O)c1cn(C)nc1OC)c1nc2c(F)cc(F)cc2s1.Cl. The highest BCUT2D eigenvalue weighted by Gasteiger charge is 2.27. The van der Waals surface area contributed by atoms with E-state index in [1.54, 1.807) is 13.2 Å². The molecule has 30 heavy (non-hydrogen) atoms. The van der Waals surface area contributed by atoms with Crippen LogP contribution >= 0.6 is 23.7 Å². The predicted octanol–water partition coefficient (Wildman–Crippen LogP) is 3.73. The molecule has 0 bridgehead atoms. The molecule has 0 aliphatic rings. The van der Waals surface area contributed by atoms with Gasteiger partial charge in [0.2, 0.25) is 5.88 Å². The average Bonchev–Trinajstić information content (AvgIpc) is 3.28. The normalized spacial score (nSPS) is 11.0. The van der Waals surface area contributed by atoms with Gasteiger partial charge < -0.3 is 9.64 Å². The first-order chi connectivity index (χ1) is 13.9. The van der Waals surface area contributed by atoms with Crippen LogP contribution in [0.15, 0.2) is 18.3 Å². The number of hydrogen-bond acceptors (Lipinski definition) is 6. The molecule has 164 valence electrons. The van der Waals surface area contributed by atoms with Crippen LogP contribution in [0.5, 0.6) is 5.88 Å². The first kappa shape index (κ1) is 24.0. The molecule has 0 saturated heterocycles. The van der Waals surface area contributed by atoms with Gasteiger partial charge in [-0.1, -0.05) is 25.2 Å². The number of carbonyl (C=O) groups excluding carboxylic acids is 1. The van der Waals surface area contributed by atoms with Crippen LogP contribution in [0.2, 0.25) is 0 Å². The Bertz CT molecular complexity index is 1020. The summed E-state index contributed by atoms with van der Waals surface area (Å²) in [6.07, 6.45) is 1.57. The van der Waals surface area contributed by atoms with Gasteiger partial charge in [0.15, 0.2) is 10.9 Å². The third kappa shape index (κ3) is 4.88. The summed E-state index contributed by atoms with van der Waals surface area (Å²) in [4.78, 5) is 21.2. The number of fused-ring (bicyclic) bond motifs is 1. The monoisotopic (exact) mass is 459 g/mol. The van der Waals surface area contributed by atoms with Crippen molar-refractivity contribution in [2.45, 2.75) is 13.8 Å². The van der Waals surface area contributed by atoms with Crippen molar-refractivity contribution in [1.82, 2.24) is 19.7 Å². The van der Waals surface area contributed by atoms with Crippen molar-refractivity contribution in [1.29, 1.82) is 0 Å². The van der Waals surface area contributed by atoms with Crippen molar-refractivity contribution in [2.24, 2.45) is 7.05 Å². The molecule has 0 N–H and O–H groups in total. The van der Waals surface area contributed by atoms with E-state index in [2.05, 4.69) is 15.0 Å². The Labute approximate surface area is 183 Å². The Hall–Kier alpha value is -2.30. The van der Waals surface area contributed by atoms with Crippen molar-refractivity contribution >= 4 is 45.0 Å². The number of carbonyl (C=O) groups is 1. The Kier molecular flexibility index (Phi) is 8.10. The van der Waals surface area contributed by atoms with Crippen molar-refractivity contribution < 1.29 is 18.3 Å². The zero-order chi connectivity index (χ0) is 21.1. The quantitative estimate of drug-likeness (QED) is 0.513. The van der Waals surface area contributed by atoms with E-state index in [4.69, 9.17) is 4.74 Å². The number of thiazole rings is 1. The number of ether oxygens (including phenoxy) is 1. The number of nitrogens with zero attached hydrogens (tertiary/aromatic N) is 5. The van der Waals surface area contributed by atoms with Gasteiger partial charge in [-0.15, -0.1) is 17.5 Å². The highest BCUT2D eigenvalue weighted by atomic mass is 35.5. The molecular formula is C19H24ClF2N5O2S. The lowest BCUT2D eigenvalue weighted by Gasteiger charge is -2.24. The van der Waals surface area contributed by atoms with Gasteiger partial charge in [-0.3, -0.25) is 14.4 Å². The topological polar surface area (TPSA) is 63.5 Å². The Morgan fingerprint density at radius 1 is 1.23 bits per heavy atom. The lowest BCUT2D eigenvalue weighted by atomic mass is 10.3. The van der Waals surface area contributed by atoms with Crippen LogP contribution in [0.3, 0.4) is 0 Å². The number of amides is 1. The summed E-state index contributed by atoms with van der Waals surface area (Å²) in [6.45, 7) is 6.67. The summed E-state index contributed by atoms with van der Waals surface area (Å²) < 4.78 is 34.8. The number of aromatic nitrogens is 3. The highest BCUT2D eigenvalue weighted by molar-refractivity contribution is 7.22. The molecule has 1 aromatic carbocycles. The highest BCUT2D eigenvalue weighted by Crippen LogP contribution is 2.32. The number of halogens is 3. The molecule has 7 nitrogen and oxygen atoms in total. The van der Waals surface area contributed by atoms with E-state index in [-0.39, 0.29) is 35.3 Å². The smallest absolute Gasteiger partial charge is 0.267 e. The van der Waals surface area contributed by atoms with Gasteiger partial charge >= 0.3 is 0 Å². The number of aryl methyl sites for hydroxylation is 1. The third-order valence-electron chi connectivity index (χ3n) is 4.63. The molecule has 2 heterocycles. The molecule has 3 rings (SSSR count). The zero-order valence-electron chi connectivity index (χ0n) is 17.2. The molecule has 0 unspecified atom stereocenters. The lowest BCUT2D eigenvalue weighted by Crippen LogP contribution is -2.38. The minimum absolute atomic E-state index is 0. The van der Waals surface area contributed by atoms with Crippen LogP contribution < -0.4 is 9.64 Å². The molecule has 11 heteroatoms. The van der Waals surface area contributed by atoms with E-state index in [0.29, 0.717) is 22.9 Å². The van der Waals surface area contributed by atoms with Crippen LogP contribution in [-0.2, 0) is 7.05 Å². The van der Waals surface area contributed by atoms with Crippen molar-refractivity contribution in [3.8, 4) is 5.88 Å². The van der Waals surface area contributed by atoms with Gasteiger partial charge in [0, 0.05) is 32.4 Å². The first-order valence-corrected chi connectivity index (χ1v) is 10.1. The van der Waals surface area contributed by atoms with E-state index < -0.39 is 11.6 Å². The second-order valence-electron chi connectivity index (χ2n) is 6.44. The standard InChI is InChI=1S/C19H23F2N5O2S.ClH/c1-5-25(6-2)7-8-26(18(27)13-11-24(3)23-17(13)28-4)19-22-16-14(21)9-12(20)10-15(16)29-19;/h9-11H,5-8H2,1-4H3;1H. The molecule has 2 aromatic heterocycles. The fourth-order valence-electron chi connectivity index (χ4n) is 3.04. The molecule has 0 atom stereocenters. The van der Waals surface area contributed by atoms with Crippen molar-refractivity contribution in [3.05, 3.63) is 35.5 Å². The predicted molar refractivity (Wildman–Crippen MR) is 116 cm³/mol. The number of benzene rings is 1. The van der Waals surface area contributed by atoms with E-state index in [0.717, 1.165) is 30.5 Å². The maximum Gasteiger partial charge on any atom is 0.267 e. The molecule has 0 aliphatic carbocycles. The summed E-state index contributed by atoms with van der Waals surface area (Å²) in [5, 5.41) is 4.43. The molecule has 0 aliphatic heterocycles. The van der Waals surface area contributed by atoms with Crippen molar-refractivity contribution in [3.63, 3.8) is 0 Å². The summed E-state index contributed by atoms with van der Waals surface area (Å²) in [7, 11) is 3.13. The Morgan fingerprint density at radius 3 is 2.57 bits per heavy atom. The second-order valence-corrected chi connectivity index (χ2v) is 7.45. The van der Waals surface area contributed by atoms with Crippen LogP contribution in [0.25, 0.3) is 10.2 Å². The van der Waals surface area contributed by atoms with Crippen LogP contribution in [-0.4, -0.2) is 58.9 Å². The first-order valence-electron chi connectivity index (χ1n) is 9.25. The number of hydrogen-bond donors (Lipinski definition) is 0. The summed E-state index contributed by atoms with van der Waals surface area (Å²) in [6, 6.07) is 2.01. The summed E-state index contributed by atoms with van der Waals surface area (Å²) >= 11 is 1.07. The number of anilines is 1. The van der Waals surface area contributed by atoms with Crippen LogP contribution in [0, 0.1) is 11.6 Å². The van der Waals surface area contributed by atoms with Crippen LogP contribution in [0.4, 0.5) is 13.9 Å². The second kappa shape index (κ2) is 10.1. The van der Waals surface area contributed by atoms with E-state index in [1.165, 1.54) is 22.8 Å². The van der Waals surface area contributed by atoms with Gasteiger partial charge in [0.1, 0.15) is 16.9 Å². The van der Waals surface area contributed by atoms with E-state index >= 15 is 0 Å². The largest absolute Gasteiger partial charge is 0.479 e. The van der Waals surface area contributed by atoms with E-state index in [9.17, 15) is 13.6 Å². The molecule has 3 aromatic rings. The van der Waals surface area contributed by atoms with Gasteiger partial charge in [0.05, 0.1) is 11.8 Å². The van der Waals surface area contributed by atoms with Crippen molar-refractivity contribution in [2.75, 3.05) is 38.2 Å². The van der Waals surface area contributed by atoms with Crippen LogP contribution in [0.1, 0.15) is 24.2 Å². The van der Waals surface area contributed by atoms with Gasteiger partial charge in [-0.25, -0.2) is 13.8 Å². The molecular weight excluding hydrogens is 436 g/mol. The van der Waals surface area contributed by atoms with Gasteiger partial charge in [-0.05, 0) is 19.2 Å². The maximum absolute atomic E-state index is 14.2. The number of methoxy groups -OCH3 is 1. The Balaban J connectivity index is 0.00000320. The molecule has 0 fully saturated rings. The summed E-state index contributed by atoms with van der Waals surface area (Å²) in [5.41, 5.74) is 0.325. The lowest BCUT2D eigenvalue weighted by molar-refractivity contribution is 0.0980. The zero-order valence-corrected chi connectivity index (χ0v) is 18.8. The number of likely N-dealkylation sites (N-methyl/N-ethyl adjacent to an activating group) is 1. The van der Waals surface area contributed by atoms with Gasteiger partial charge in [0.25, 0.3) is 5.91 Å². The van der Waals surface area contributed by atoms with E-state index in [1.807, 2.05) is 13.8 Å². The molecule has 0 radical (unpaired) electrons. The average molecular weight is 460 g/mol. The Morgan fingerprint density at radius 2 is 1.93 bits per heavy atom. The fourth-order valence-corrected chi connectivity index (χ4v) is 4.07. The summed E-state index contributed by atoms with van der Waals surface area (Å²) in [5.74, 6) is -1.59. The van der Waals surface area contributed by atoms with Gasteiger partial charge in [-0.2, -0.15) is 0 Å². The molecule has 0 saturated carbocycles. The maximum atomic E-state index is 14.2. The fraction of sp³-hybridized carbons (Fsp3) is 0.421. The molecule has 1 amide bonds. The minimum Gasteiger partial charge on any atom is -0.479 e. The third-order valence-corrected chi connectivity index (χ3v) is 5.66. The molecule has 0 spiro atoms. The minimum atomic E-state index is -0.752.